The SMILES string of the molecule is c1ccc2cc3c(cc2c1)c1c2ccccc2ccc1n3-c1ccc(-c2nc(-c3cccc4oc5ccccc5c34)nc(-c3cccc4oc5ccccc5c34)n2)cc1-c1ccc2oc3ccccc3c2c1. The highest BCUT2D eigenvalue weighted by molar-refractivity contribution is 6.24. The first-order valence-corrected chi connectivity index (χ1v) is 24.2. The molecule has 16 aromatic rings. The summed E-state index contributed by atoms with van der Waals surface area (Å²) in [4.78, 5) is 16.2. The largest absolute Gasteiger partial charge is 0.456 e. The van der Waals surface area contributed by atoms with Crippen LogP contribution in [0.4, 0.5) is 0 Å². The monoisotopic (exact) mass is 920 g/mol. The third-order valence-electron chi connectivity index (χ3n) is 14.6. The van der Waals surface area contributed by atoms with Crippen molar-refractivity contribution in [2.75, 3.05) is 0 Å². The zero-order chi connectivity index (χ0) is 47.0. The Bertz CT molecular complexity index is 4820. The highest BCUT2D eigenvalue weighted by Crippen LogP contribution is 2.44. The number of rotatable bonds is 5. The number of fused-ring (bicyclic) bond motifs is 15. The molecule has 7 nitrogen and oxygen atoms in total. The average molecular weight is 921 g/mol. The van der Waals surface area contributed by atoms with E-state index in [-0.39, 0.29) is 0 Å². The van der Waals surface area contributed by atoms with Crippen LogP contribution >= 0.6 is 0 Å². The highest BCUT2D eigenvalue weighted by Gasteiger charge is 2.24. The summed E-state index contributed by atoms with van der Waals surface area (Å²) in [7, 11) is 0. The lowest BCUT2D eigenvalue weighted by Gasteiger charge is -2.17. The molecular formula is C65H36N4O3. The molecule has 0 aliphatic rings. The Hall–Kier alpha value is -9.85. The molecule has 0 bridgehead atoms. The molecule has 7 heteroatoms. The van der Waals surface area contributed by atoms with Crippen LogP contribution in [0.25, 0.3) is 160 Å². The maximum Gasteiger partial charge on any atom is 0.164 e. The fraction of sp³-hybridized carbons (Fsp3) is 0. The van der Waals surface area contributed by atoms with Crippen molar-refractivity contribution in [3.8, 4) is 51.0 Å². The molecule has 16 rings (SSSR count). The Morgan fingerprint density at radius 3 is 1.50 bits per heavy atom. The van der Waals surface area contributed by atoms with Crippen molar-refractivity contribution in [3.05, 3.63) is 218 Å². The molecule has 0 N–H and O–H groups in total. The first kappa shape index (κ1) is 39.0. The topological polar surface area (TPSA) is 83.0 Å². The van der Waals surface area contributed by atoms with E-state index in [2.05, 4.69) is 150 Å². The number of furan rings is 3. The quantitative estimate of drug-likeness (QED) is 0.171. The van der Waals surface area contributed by atoms with E-state index < -0.39 is 0 Å². The molecule has 0 saturated carbocycles. The van der Waals surface area contributed by atoms with Crippen molar-refractivity contribution in [2.24, 2.45) is 0 Å². The minimum Gasteiger partial charge on any atom is -0.456 e. The Balaban J connectivity index is 1.00. The molecule has 0 aliphatic heterocycles. The second-order valence-corrected chi connectivity index (χ2v) is 18.6. The summed E-state index contributed by atoms with van der Waals surface area (Å²) in [5.41, 5.74) is 12.7. The van der Waals surface area contributed by atoms with Crippen LogP contribution in [0, 0.1) is 0 Å². The molecule has 0 saturated heterocycles. The predicted molar refractivity (Wildman–Crippen MR) is 293 cm³/mol. The lowest BCUT2D eigenvalue weighted by atomic mass is 9.98. The third kappa shape index (κ3) is 5.70. The van der Waals surface area contributed by atoms with Gasteiger partial charge in [0.1, 0.15) is 33.5 Å². The van der Waals surface area contributed by atoms with Gasteiger partial charge < -0.3 is 17.8 Å². The van der Waals surface area contributed by atoms with Gasteiger partial charge in [0.05, 0.1) is 16.7 Å². The number of hydrogen-bond donors (Lipinski definition) is 0. The summed E-state index contributed by atoms with van der Waals surface area (Å²) in [5.74, 6) is 1.61. The van der Waals surface area contributed by atoms with Gasteiger partial charge in [0.25, 0.3) is 0 Å². The van der Waals surface area contributed by atoms with Crippen molar-refractivity contribution in [1.82, 2.24) is 19.5 Å². The Morgan fingerprint density at radius 1 is 0.278 bits per heavy atom. The summed E-state index contributed by atoms with van der Waals surface area (Å²) in [5, 5.41) is 13.2. The zero-order valence-electron chi connectivity index (χ0n) is 38.3. The molecule has 0 amide bonds. The van der Waals surface area contributed by atoms with Crippen molar-refractivity contribution in [3.63, 3.8) is 0 Å². The first-order chi connectivity index (χ1) is 35.7. The van der Waals surface area contributed by atoms with Crippen LogP contribution in [-0.4, -0.2) is 19.5 Å². The number of aromatic nitrogens is 4. The van der Waals surface area contributed by atoms with Gasteiger partial charge in [0.15, 0.2) is 17.5 Å². The van der Waals surface area contributed by atoms with Gasteiger partial charge in [-0.15, -0.1) is 0 Å². The van der Waals surface area contributed by atoms with E-state index in [4.69, 9.17) is 28.2 Å². The van der Waals surface area contributed by atoms with Gasteiger partial charge in [0.2, 0.25) is 0 Å². The molecule has 5 heterocycles. The molecule has 11 aromatic carbocycles. The van der Waals surface area contributed by atoms with E-state index in [1.165, 1.54) is 32.3 Å². The molecule has 334 valence electrons. The molecule has 0 aliphatic carbocycles. The summed E-state index contributed by atoms with van der Waals surface area (Å²) in [6, 6.07) is 76.4. The van der Waals surface area contributed by atoms with Crippen LogP contribution in [-0.2, 0) is 0 Å². The number of benzene rings is 11. The predicted octanol–water partition coefficient (Wildman–Crippen LogP) is 17.6. The van der Waals surface area contributed by atoms with Gasteiger partial charge >= 0.3 is 0 Å². The van der Waals surface area contributed by atoms with Gasteiger partial charge in [-0.1, -0.05) is 140 Å². The third-order valence-corrected chi connectivity index (χ3v) is 14.6. The molecule has 0 atom stereocenters. The molecule has 5 aromatic heterocycles. The Labute approximate surface area is 409 Å². The lowest BCUT2D eigenvalue weighted by molar-refractivity contribution is 0.668. The van der Waals surface area contributed by atoms with E-state index >= 15 is 0 Å². The van der Waals surface area contributed by atoms with Gasteiger partial charge in [-0.3, -0.25) is 0 Å². The summed E-state index contributed by atoms with van der Waals surface area (Å²) in [6.45, 7) is 0. The number of nitrogens with zero attached hydrogens (tertiary/aromatic N) is 4. The van der Waals surface area contributed by atoms with E-state index in [1.54, 1.807) is 0 Å². The smallest absolute Gasteiger partial charge is 0.164 e. The maximum atomic E-state index is 6.42. The van der Waals surface area contributed by atoms with Crippen LogP contribution in [0.1, 0.15) is 0 Å². The van der Waals surface area contributed by atoms with Crippen LogP contribution in [0.15, 0.2) is 232 Å². The maximum absolute atomic E-state index is 6.42. The van der Waals surface area contributed by atoms with Gasteiger partial charge in [-0.25, -0.2) is 15.0 Å². The second-order valence-electron chi connectivity index (χ2n) is 18.6. The van der Waals surface area contributed by atoms with E-state index in [9.17, 15) is 0 Å². The normalized spacial score (nSPS) is 12.2. The lowest BCUT2D eigenvalue weighted by Crippen LogP contribution is -2.02. The second kappa shape index (κ2) is 14.8. The molecule has 0 unspecified atom stereocenters. The summed E-state index contributed by atoms with van der Waals surface area (Å²) in [6.07, 6.45) is 0. The molecule has 0 fully saturated rings. The molecular weight excluding hydrogens is 885 g/mol. The highest BCUT2D eigenvalue weighted by atomic mass is 16.3. The van der Waals surface area contributed by atoms with Crippen molar-refractivity contribution in [1.29, 1.82) is 0 Å². The summed E-state index contributed by atoms with van der Waals surface area (Å²) < 4.78 is 21.7. The van der Waals surface area contributed by atoms with Crippen LogP contribution in [0.3, 0.4) is 0 Å². The molecule has 0 radical (unpaired) electrons. The zero-order valence-corrected chi connectivity index (χ0v) is 38.3. The van der Waals surface area contributed by atoms with E-state index in [1.807, 2.05) is 72.8 Å². The minimum absolute atomic E-state index is 0.534. The average Bonchev–Trinajstić information content (AvgIpc) is 4.21. The minimum atomic E-state index is 0.534. The first-order valence-electron chi connectivity index (χ1n) is 24.2. The Kier molecular flexibility index (Phi) is 8.04. The van der Waals surface area contributed by atoms with Crippen LogP contribution < -0.4 is 0 Å². The number of hydrogen-bond acceptors (Lipinski definition) is 6. The van der Waals surface area contributed by atoms with Crippen molar-refractivity contribution in [2.45, 2.75) is 0 Å². The summed E-state index contributed by atoms with van der Waals surface area (Å²) >= 11 is 0. The van der Waals surface area contributed by atoms with E-state index in [0.717, 1.165) is 110 Å². The fourth-order valence-corrected chi connectivity index (χ4v) is 11.4. The van der Waals surface area contributed by atoms with Gasteiger partial charge in [0, 0.05) is 65.3 Å². The van der Waals surface area contributed by atoms with Gasteiger partial charge in [-0.05, 0) is 106 Å². The standard InChI is InChI=1S/C65H36N4O3/c1-2-15-39-36-53-50(33-38(39)14-1)60-42-16-4-3-13-37(42)27-31-52(60)69(53)51-30-28-41(35-48(51)40-29-32-57-49(34-40)43-17-5-8-22-54(43)70-57)63-66-64(46-20-11-25-58-61(46)44-18-6-9-23-55(44)71-58)68-65(67-63)47-21-12-26-59-62(47)45-19-7-10-24-56(45)72-59/h1-36H. The van der Waals surface area contributed by atoms with Crippen LogP contribution in [0.2, 0.25) is 0 Å². The fourth-order valence-electron chi connectivity index (χ4n) is 11.4. The van der Waals surface area contributed by atoms with E-state index in [0.29, 0.717) is 17.5 Å². The van der Waals surface area contributed by atoms with Crippen molar-refractivity contribution >= 4 is 109 Å². The number of para-hydroxylation sites is 3. The van der Waals surface area contributed by atoms with Crippen molar-refractivity contribution < 1.29 is 13.3 Å². The molecule has 0 spiro atoms. The molecule has 72 heavy (non-hydrogen) atoms. The Morgan fingerprint density at radius 2 is 0.806 bits per heavy atom. The van der Waals surface area contributed by atoms with Crippen LogP contribution in [0.5, 0.6) is 0 Å². The van der Waals surface area contributed by atoms with Gasteiger partial charge in [-0.2, -0.15) is 0 Å².